The molecular formula is C20H18ClN3O2S. The molecular weight excluding hydrogens is 382 g/mol. The van der Waals surface area contributed by atoms with Gasteiger partial charge in [0.25, 0.3) is 5.91 Å². The Hall–Kier alpha value is -2.44. The van der Waals surface area contributed by atoms with Crippen LogP contribution in [-0.2, 0) is 11.5 Å². The lowest BCUT2D eigenvalue weighted by atomic mass is 10.2. The number of ether oxygens (including phenoxy) is 1. The number of hydrogen-bond acceptors (Lipinski definition) is 4. The minimum Gasteiger partial charge on any atom is -0.494 e. The van der Waals surface area contributed by atoms with Crippen LogP contribution < -0.4 is 10.1 Å². The van der Waals surface area contributed by atoms with Crippen LogP contribution >= 0.6 is 23.4 Å². The van der Waals surface area contributed by atoms with Crippen molar-refractivity contribution in [1.29, 1.82) is 0 Å². The van der Waals surface area contributed by atoms with Gasteiger partial charge in [-0.2, -0.15) is 16.9 Å². The highest BCUT2D eigenvalue weighted by molar-refractivity contribution is 7.98. The van der Waals surface area contributed by atoms with Gasteiger partial charge in [0.15, 0.2) is 0 Å². The van der Waals surface area contributed by atoms with Crippen molar-refractivity contribution < 1.29 is 9.53 Å². The molecule has 0 fully saturated rings. The highest BCUT2D eigenvalue weighted by Gasteiger charge is 2.25. The van der Waals surface area contributed by atoms with Crippen LogP contribution in [0.5, 0.6) is 5.75 Å². The molecule has 3 aromatic rings. The number of benzene rings is 2. The third-order valence-corrected chi connectivity index (χ3v) is 5.50. The normalized spacial score (nSPS) is 12.7. The number of nitrogens with zero attached hydrogens (tertiary/aromatic N) is 2. The highest BCUT2D eigenvalue weighted by atomic mass is 35.5. The molecule has 0 saturated carbocycles. The molecule has 0 bridgehead atoms. The van der Waals surface area contributed by atoms with Crippen LogP contribution in [0.25, 0.3) is 5.69 Å². The van der Waals surface area contributed by atoms with Crippen molar-refractivity contribution in [3.63, 3.8) is 0 Å². The van der Waals surface area contributed by atoms with Gasteiger partial charge in [0.05, 0.1) is 18.0 Å². The van der Waals surface area contributed by atoms with Crippen LogP contribution in [0.1, 0.15) is 28.5 Å². The number of thioether (sulfide) groups is 1. The van der Waals surface area contributed by atoms with E-state index < -0.39 is 0 Å². The number of amides is 1. The summed E-state index contributed by atoms with van der Waals surface area (Å²) in [5.74, 6) is 2.98. The van der Waals surface area contributed by atoms with E-state index in [-0.39, 0.29) is 5.91 Å². The maximum atomic E-state index is 12.8. The van der Waals surface area contributed by atoms with Crippen LogP contribution in [0.15, 0.2) is 48.5 Å². The Morgan fingerprint density at radius 2 is 1.93 bits per heavy atom. The van der Waals surface area contributed by atoms with E-state index >= 15 is 0 Å². The van der Waals surface area contributed by atoms with Gasteiger partial charge >= 0.3 is 0 Å². The summed E-state index contributed by atoms with van der Waals surface area (Å²) >= 11 is 7.80. The number of rotatable bonds is 5. The lowest BCUT2D eigenvalue weighted by Gasteiger charge is -2.11. The van der Waals surface area contributed by atoms with Crippen molar-refractivity contribution in [2.24, 2.45) is 0 Å². The molecule has 7 heteroatoms. The van der Waals surface area contributed by atoms with E-state index in [1.54, 1.807) is 40.7 Å². The standard InChI is InChI=1S/C20H18ClN3O2S/c1-2-26-16-9-3-13(4-10-16)20(25)22-19-17-11-27-12-18(17)23-24(19)15-7-5-14(21)6-8-15/h3-10H,2,11-12H2,1H3,(H,22,25). The fourth-order valence-electron chi connectivity index (χ4n) is 2.96. The molecule has 4 rings (SSSR count). The molecule has 1 aromatic heterocycles. The largest absolute Gasteiger partial charge is 0.494 e. The SMILES string of the molecule is CCOc1ccc(C(=O)Nc2c3c(nn2-c2ccc(Cl)cc2)CSC3)cc1. The van der Waals surface area contributed by atoms with Gasteiger partial charge in [-0.3, -0.25) is 4.79 Å². The fraction of sp³-hybridized carbons (Fsp3) is 0.200. The zero-order chi connectivity index (χ0) is 18.8. The third-order valence-electron chi connectivity index (χ3n) is 4.28. The second-order valence-corrected chi connectivity index (χ2v) is 7.49. The number of anilines is 1. The van der Waals surface area contributed by atoms with Gasteiger partial charge in [0, 0.05) is 27.7 Å². The van der Waals surface area contributed by atoms with Gasteiger partial charge in [-0.15, -0.1) is 0 Å². The first-order chi connectivity index (χ1) is 13.2. The Balaban J connectivity index is 1.64. The molecule has 1 N–H and O–H groups in total. The summed E-state index contributed by atoms with van der Waals surface area (Å²) in [5.41, 5.74) is 3.52. The zero-order valence-corrected chi connectivity index (χ0v) is 16.3. The average Bonchev–Trinajstić information content (AvgIpc) is 3.26. The molecule has 1 amide bonds. The van der Waals surface area contributed by atoms with E-state index in [4.69, 9.17) is 21.4 Å². The number of fused-ring (bicyclic) bond motifs is 1. The van der Waals surface area contributed by atoms with Gasteiger partial charge in [0.1, 0.15) is 11.6 Å². The Kier molecular flexibility index (Phi) is 5.09. The number of halogens is 1. The van der Waals surface area contributed by atoms with Gasteiger partial charge in [0.2, 0.25) is 0 Å². The first kappa shape index (κ1) is 17.9. The first-order valence-electron chi connectivity index (χ1n) is 8.64. The Labute approximate surface area is 166 Å². The molecule has 0 unspecified atom stereocenters. The van der Waals surface area contributed by atoms with Crippen LogP contribution in [0.2, 0.25) is 5.02 Å². The third kappa shape index (κ3) is 3.68. The zero-order valence-electron chi connectivity index (χ0n) is 14.7. The van der Waals surface area contributed by atoms with Gasteiger partial charge in [-0.1, -0.05) is 11.6 Å². The smallest absolute Gasteiger partial charge is 0.256 e. The van der Waals surface area contributed by atoms with Gasteiger partial charge in [-0.25, -0.2) is 4.68 Å². The molecule has 5 nitrogen and oxygen atoms in total. The van der Waals surface area contributed by atoms with Crippen molar-refractivity contribution >= 4 is 35.1 Å². The molecule has 2 aromatic carbocycles. The van der Waals surface area contributed by atoms with Crippen LogP contribution in [0.3, 0.4) is 0 Å². The maximum absolute atomic E-state index is 12.8. The molecule has 0 saturated heterocycles. The molecule has 0 atom stereocenters. The van der Waals surface area contributed by atoms with E-state index in [2.05, 4.69) is 5.32 Å². The summed E-state index contributed by atoms with van der Waals surface area (Å²) in [6, 6.07) is 14.5. The minimum absolute atomic E-state index is 0.173. The summed E-state index contributed by atoms with van der Waals surface area (Å²) in [4.78, 5) is 12.8. The van der Waals surface area contributed by atoms with Crippen LogP contribution in [0, 0.1) is 0 Å². The summed E-state index contributed by atoms with van der Waals surface area (Å²) in [6.07, 6.45) is 0. The van der Waals surface area contributed by atoms with E-state index in [9.17, 15) is 4.79 Å². The van der Waals surface area contributed by atoms with E-state index in [0.29, 0.717) is 17.2 Å². The summed E-state index contributed by atoms with van der Waals surface area (Å²) in [5, 5.41) is 8.40. The van der Waals surface area contributed by atoms with E-state index in [1.807, 2.05) is 31.2 Å². The number of carbonyl (C=O) groups is 1. The van der Waals surface area contributed by atoms with Crippen molar-refractivity contribution in [3.05, 3.63) is 70.4 Å². The minimum atomic E-state index is -0.173. The monoisotopic (exact) mass is 399 g/mol. The number of carbonyl (C=O) groups excluding carboxylic acids is 1. The van der Waals surface area contributed by atoms with Gasteiger partial charge in [-0.05, 0) is 55.5 Å². The number of hydrogen-bond donors (Lipinski definition) is 1. The van der Waals surface area contributed by atoms with E-state index in [0.717, 1.165) is 40.0 Å². The predicted octanol–water partition coefficient (Wildman–Crippen LogP) is 4.92. The van der Waals surface area contributed by atoms with Crippen molar-refractivity contribution in [3.8, 4) is 11.4 Å². The molecule has 27 heavy (non-hydrogen) atoms. The summed E-state index contributed by atoms with van der Waals surface area (Å²) in [6.45, 7) is 2.52. The Morgan fingerprint density at radius 1 is 1.19 bits per heavy atom. The van der Waals surface area contributed by atoms with Crippen molar-refractivity contribution in [2.75, 3.05) is 11.9 Å². The Morgan fingerprint density at radius 3 is 2.63 bits per heavy atom. The van der Waals surface area contributed by atoms with Crippen LogP contribution in [0.4, 0.5) is 5.82 Å². The first-order valence-corrected chi connectivity index (χ1v) is 10.2. The van der Waals surface area contributed by atoms with Gasteiger partial charge < -0.3 is 10.1 Å². The summed E-state index contributed by atoms with van der Waals surface area (Å²) < 4.78 is 7.22. The summed E-state index contributed by atoms with van der Waals surface area (Å²) in [7, 11) is 0. The predicted molar refractivity (Wildman–Crippen MR) is 109 cm³/mol. The Bertz CT molecular complexity index is 968. The molecule has 2 heterocycles. The number of nitrogens with one attached hydrogen (secondary N) is 1. The lowest BCUT2D eigenvalue weighted by molar-refractivity contribution is 0.102. The van der Waals surface area contributed by atoms with Crippen LogP contribution in [-0.4, -0.2) is 22.3 Å². The van der Waals surface area contributed by atoms with Crippen molar-refractivity contribution in [2.45, 2.75) is 18.4 Å². The molecule has 0 spiro atoms. The molecule has 0 aliphatic carbocycles. The molecule has 138 valence electrons. The topological polar surface area (TPSA) is 56.1 Å². The maximum Gasteiger partial charge on any atom is 0.256 e. The molecule has 0 radical (unpaired) electrons. The lowest BCUT2D eigenvalue weighted by Crippen LogP contribution is -2.16. The second kappa shape index (κ2) is 7.66. The number of aromatic nitrogens is 2. The average molecular weight is 400 g/mol. The molecule has 1 aliphatic rings. The quantitative estimate of drug-likeness (QED) is 0.661. The van der Waals surface area contributed by atoms with E-state index in [1.165, 1.54) is 0 Å². The fourth-order valence-corrected chi connectivity index (χ4v) is 4.12. The van der Waals surface area contributed by atoms with Crippen molar-refractivity contribution in [1.82, 2.24) is 9.78 Å². The second-order valence-electron chi connectivity index (χ2n) is 6.07. The highest BCUT2D eigenvalue weighted by Crippen LogP contribution is 2.36. The molecule has 1 aliphatic heterocycles.